The number of ether oxygens (including phenoxy) is 1. The van der Waals surface area contributed by atoms with Crippen LogP contribution in [0.4, 0.5) is 0 Å². The number of aliphatic hydroxyl groups is 1. The molecule has 0 heterocycles. The van der Waals surface area contributed by atoms with Gasteiger partial charge in [0.15, 0.2) is 0 Å². The molecular weight excluding hydrogens is 202 g/mol. The van der Waals surface area contributed by atoms with Gasteiger partial charge in [-0.3, -0.25) is 4.90 Å². The zero-order valence-electron chi connectivity index (χ0n) is 10.1. The van der Waals surface area contributed by atoms with Crippen LogP contribution in [0.15, 0.2) is 30.3 Å². The van der Waals surface area contributed by atoms with E-state index in [2.05, 4.69) is 43.1 Å². The average molecular weight is 223 g/mol. The molecule has 0 aliphatic carbocycles. The Morgan fingerprint density at radius 1 is 1.25 bits per heavy atom. The van der Waals surface area contributed by atoms with Gasteiger partial charge in [0.25, 0.3) is 0 Å². The topological polar surface area (TPSA) is 32.7 Å². The van der Waals surface area contributed by atoms with E-state index in [-0.39, 0.29) is 6.61 Å². The highest BCUT2D eigenvalue weighted by molar-refractivity contribution is 5.18. The zero-order valence-corrected chi connectivity index (χ0v) is 10.1. The molecule has 1 aromatic carbocycles. The smallest absolute Gasteiger partial charge is 0.0698 e. The second kappa shape index (κ2) is 7.39. The molecule has 1 N–H and O–H groups in total. The maximum atomic E-state index is 8.58. The molecule has 16 heavy (non-hydrogen) atoms. The molecule has 0 aliphatic heterocycles. The van der Waals surface area contributed by atoms with Crippen LogP contribution in [0.5, 0.6) is 0 Å². The number of likely N-dealkylation sites (N-methyl/N-ethyl adjacent to an activating group) is 1. The number of aliphatic hydroxyl groups excluding tert-OH is 1. The van der Waals surface area contributed by atoms with Crippen molar-refractivity contribution in [1.82, 2.24) is 4.90 Å². The van der Waals surface area contributed by atoms with Crippen molar-refractivity contribution in [2.45, 2.75) is 13.0 Å². The molecule has 1 aromatic rings. The van der Waals surface area contributed by atoms with E-state index in [1.54, 1.807) is 0 Å². The molecule has 1 atom stereocenters. The molecule has 1 rings (SSSR count). The van der Waals surface area contributed by atoms with Crippen molar-refractivity contribution in [3.63, 3.8) is 0 Å². The van der Waals surface area contributed by atoms with Crippen molar-refractivity contribution in [1.29, 1.82) is 0 Å². The molecule has 0 bridgehead atoms. The number of nitrogens with zero attached hydrogens (tertiary/aromatic N) is 1. The van der Waals surface area contributed by atoms with Gasteiger partial charge in [-0.25, -0.2) is 0 Å². The van der Waals surface area contributed by atoms with Crippen molar-refractivity contribution in [3.8, 4) is 0 Å². The van der Waals surface area contributed by atoms with E-state index in [4.69, 9.17) is 9.84 Å². The standard InChI is InChI=1S/C13H21NO2/c1-12(13-6-4-3-5-7-13)14(2)8-10-16-11-9-15/h3-7,12,15H,8-11H2,1-2H3. The third kappa shape index (κ3) is 4.31. The first-order valence-corrected chi connectivity index (χ1v) is 5.69. The zero-order chi connectivity index (χ0) is 11.8. The van der Waals surface area contributed by atoms with Gasteiger partial charge in [-0.05, 0) is 19.5 Å². The maximum absolute atomic E-state index is 8.58. The molecule has 0 saturated heterocycles. The monoisotopic (exact) mass is 223 g/mol. The summed E-state index contributed by atoms with van der Waals surface area (Å²) in [5, 5.41) is 8.58. The minimum absolute atomic E-state index is 0.0952. The van der Waals surface area contributed by atoms with Crippen molar-refractivity contribution in [2.24, 2.45) is 0 Å². The van der Waals surface area contributed by atoms with Crippen LogP contribution in [0.3, 0.4) is 0 Å². The molecule has 0 aliphatic rings. The minimum Gasteiger partial charge on any atom is -0.394 e. The molecule has 3 heteroatoms. The van der Waals surface area contributed by atoms with E-state index in [9.17, 15) is 0 Å². The van der Waals surface area contributed by atoms with E-state index in [0.717, 1.165) is 6.54 Å². The van der Waals surface area contributed by atoms with Crippen LogP contribution in [0.25, 0.3) is 0 Å². The lowest BCUT2D eigenvalue weighted by atomic mass is 10.1. The summed E-state index contributed by atoms with van der Waals surface area (Å²) in [5.41, 5.74) is 1.31. The summed E-state index contributed by atoms with van der Waals surface area (Å²) >= 11 is 0. The number of benzene rings is 1. The first-order valence-electron chi connectivity index (χ1n) is 5.69. The highest BCUT2D eigenvalue weighted by atomic mass is 16.5. The van der Waals surface area contributed by atoms with Crippen LogP contribution in [0.1, 0.15) is 18.5 Å². The van der Waals surface area contributed by atoms with E-state index >= 15 is 0 Å². The number of hydrogen-bond acceptors (Lipinski definition) is 3. The summed E-state index contributed by atoms with van der Waals surface area (Å²) in [5.74, 6) is 0. The lowest BCUT2D eigenvalue weighted by Gasteiger charge is -2.24. The Morgan fingerprint density at radius 2 is 1.94 bits per heavy atom. The molecule has 0 saturated carbocycles. The summed E-state index contributed by atoms with van der Waals surface area (Å²) in [6, 6.07) is 10.8. The van der Waals surface area contributed by atoms with Crippen LogP contribution in [-0.2, 0) is 4.74 Å². The second-order valence-corrected chi connectivity index (χ2v) is 3.90. The fourth-order valence-corrected chi connectivity index (χ4v) is 1.55. The number of hydrogen-bond donors (Lipinski definition) is 1. The highest BCUT2D eigenvalue weighted by Crippen LogP contribution is 2.17. The van der Waals surface area contributed by atoms with Gasteiger partial charge in [-0.15, -0.1) is 0 Å². The lowest BCUT2D eigenvalue weighted by molar-refractivity contribution is 0.0719. The van der Waals surface area contributed by atoms with E-state index in [1.165, 1.54) is 5.56 Å². The normalized spacial score (nSPS) is 13.0. The molecule has 0 fully saturated rings. The summed E-state index contributed by atoms with van der Waals surface area (Å²) in [4.78, 5) is 2.24. The molecule has 3 nitrogen and oxygen atoms in total. The van der Waals surface area contributed by atoms with Crippen molar-refractivity contribution in [3.05, 3.63) is 35.9 Å². The Kier molecular flexibility index (Phi) is 6.08. The summed E-state index contributed by atoms with van der Waals surface area (Å²) in [7, 11) is 2.08. The van der Waals surface area contributed by atoms with E-state index < -0.39 is 0 Å². The van der Waals surface area contributed by atoms with Crippen molar-refractivity contribution in [2.75, 3.05) is 33.4 Å². The predicted octanol–water partition coefficient (Wildman–Crippen LogP) is 1.69. The minimum atomic E-state index is 0.0952. The van der Waals surface area contributed by atoms with Gasteiger partial charge in [0.1, 0.15) is 0 Å². The number of rotatable bonds is 7. The second-order valence-electron chi connectivity index (χ2n) is 3.90. The van der Waals surface area contributed by atoms with Gasteiger partial charge < -0.3 is 9.84 Å². The molecule has 90 valence electrons. The Bertz CT molecular complexity index is 277. The maximum Gasteiger partial charge on any atom is 0.0698 e. The van der Waals surface area contributed by atoms with Crippen LogP contribution < -0.4 is 0 Å². The van der Waals surface area contributed by atoms with Crippen LogP contribution >= 0.6 is 0 Å². The summed E-state index contributed by atoms with van der Waals surface area (Å²) in [6.45, 7) is 4.23. The molecular formula is C13H21NO2. The van der Waals surface area contributed by atoms with Crippen LogP contribution in [0, 0.1) is 0 Å². The highest BCUT2D eigenvalue weighted by Gasteiger charge is 2.10. The Balaban J connectivity index is 2.33. The fourth-order valence-electron chi connectivity index (χ4n) is 1.55. The predicted molar refractivity (Wildman–Crippen MR) is 65.4 cm³/mol. The SMILES string of the molecule is CC(c1ccccc1)N(C)CCOCCO. The first-order chi connectivity index (χ1) is 7.75. The van der Waals surface area contributed by atoms with E-state index in [0.29, 0.717) is 19.3 Å². The lowest BCUT2D eigenvalue weighted by Crippen LogP contribution is -2.26. The van der Waals surface area contributed by atoms with Gasteiger partial charge in [0, 0.05) is 12.6 Å². The van der Waals surface area contributed by atoms with Crippen molar-refractivity contribution < 1.29 is 9.84 Å². The first kappa shape index (κ1) is 13.2. The van der Waals surface area contributed by atoms with Gasteiger partial charge >= 0.3 is 0 Å². The van der Waals surface area contributed by atoms with Crippen LogP contribution in [-0.4, -0.2) is 43.4 Å². The van der Waals surface area contributed by atoms with Gasteiger partial charge in [0.05, 0.1) is 19.8 Å². The average Bonchev–Trinajstić information content (AvgIpc) is 2.34. The van der Waals surface area contributed by atoms with E-state index in [1.807, 2.05) is 6.07 Å². The third-order valence-electron chi connectivity index (χ3n) is 2.77. The quantitative estimate of drug-likeness (QED) is 0.714. The summed E-state index contributed by atoms with van der Waals surface area (Å²) in [6.07, 6.45) is 0. The largest absolute Gasteiger partial charge is 0.394 e. The molecule has 0 spiro atoms. The van der Waals surface area contributed by atoms with Gasteiger partial charge in [-0.1, -0.05) is 30.3 Å². The summed E-state index contributed by atoms with van der Waals surface area (Å²) < 4.78 is 5.25. The molecule has 0 aromatic heterocycles. The Hall–Kier alpha value is -0.900. The van der Waals surface area contributed by atoms with Crippen LogP contribution in [0.2, 0.25) is 0 Å². The van der Waals surface area contributed by atoms with Crippen molar-refractivity contribution >= 4 is 0 Å². The fraction of sp³-hybridized carbons (Fsp3) is 0.538. The third-order valence-corrected chi connectivity index (χ3v) is 2.77. The Morgan fingerprint density at radius 3 is 2.56 bits per heavy atom. The van der Waals surface area contributed by atoms with Gasteiger partial charge in [-0.2, -0.15) is 0 Å². The molecule has 0 amide bonds. The Labute approximate surface area is 97.7 Å². The molecule has 0 radical (unpaired) electrons. The van der Waals surface area contributed by atoms with Gasteiger partial charge in [0.2, 0.25) is 0 Å². The molecule has 1 unspecified atom stereocenters.